The minimum atomic E-state index is -1.53. The molecule has 1 atom stereocenters. The molecule has 18 heavy (non-hydrogen) atoms. The molecule has 1 amide bonds. The van der Waals surface area contributed by atoms with Crippen LogP contribution in [0.5, 0.6) is 0 Å². The van der Waals surface area contributed by atoms with Crippen LogP contribution in [0.1, 0.15) is 41.6 Å². The molecule has 0 radical (unpaired) electrons. The lowest BCUT2D eigenvalue weighted by Crippen LogP contribution is -2.42. The molecule has 0 aliphatic rings. The molecule has 0 saturated heterocycles. The van der Waals surface area contributed by atoms with Gasteiger partial charge in [0.1, 0.15) is 18.2 Å². The first-order valence-corrected chi connectivity index (χ1v) is 5.56. The monoisotopic (exact) mass is 257 g/mol. The van der Waals surface area contributed by atoms with Gasteiger partial charge >= 0.3 is 5.97 Å². The molecule has 2 N–H and O–H groups in total. The zero-order valence-electron chi connectivity index (χ0n) is 10.5. The van der Waals surface area contributed by atoms with E-state index >= 15 is 0 Å². The number of hydrogen-bond acceptors (Lipinski definition) is 3. The Morgan fingerprint density at radius 3 is 2.50 bits per heavy atom. The molecule has 1 unspecified atom stereocenters. The number of carbonyl (C=O) groups excluding carboxylic acids is 1. The van der Waals surface area contributed by atoms with Crippen molar-refractivity contribution in [3.63, 3.8) is 0 Å². The summed E-state index contributed by atoms with van der Waals surface area (Å²) in [6.45, 7) is 4.25. The number of carboxylic acid groups (broad SMARTS) is 1. The lowest BCUT2D eigenvalue weighted by atomic mass is 10.1. The van der Waals surface area contributed by atoms with Gasteiger partial charge in [0.2, 0.25) is 0 Å². The summed E-state index contributed by atoms with van der Waals surface area (Å²) < 4.78 is 17.8. The molecular formula is C12H16FNO4. The summed E-state index contributed by atoms with van der Waals surface area (Å²) in [6, 6.07) is 0.0150. The van der Waals surface area contributed by atoms with E-state index < -0.39 is 24.6 Å². The summed E-state index contributed by atoms with van der Waals surface area (Å²) in [4.78, 5) is 22.4. The highest BCUT2D eigenvalue weighted by Gasteiger charge is 2.23. The minimum Gasteiger partial charge on any atom is -0.480 e. The second-order valence-electron chi connectivity index (χ2n) is 4.29. The largest absolute Gasteiger partial charge is 0.480 e. The second-order valence-corrected chi connectivity index (χ2v) is 4.29. The number of aliphatic carboxylic acids is 1. The lowest BCUT2D eigenvalue weighted by molar-refractivity contribution is -0.139. The molecule has 0 aromatic carbocycles. The maximum atomic E-state index is 12.4. The van der Waals surface area contributed by atoms with Gasteiger partial charge in [-0.05, 0) is 13.0 Å². The number of nitrogens with one attached hydrogen (secondary N) is 1. The van der Waals surface area contributed by atoms with E-state index in [1.165, 1.54) is 0 Å². The Morgan fingerprint density at radius 2 is 2.11 bits per heavy atom. The van der Waals surface area contributed by atoms with Crippen molar-refractivity contribution >= 4 is 11.9 Å². The lowest BCUT2D eigenvalue weighted by Gasteiger charge is -2.09. The first-order valence-electron chi connectivity index (χ1n) is 5.56. The van der Waals surface area contributed by atoms with E-state index in [-0.39, 0.29) is 11.5 Å². The van der Waals surface area contributed by atoms with Gasteiger partial charge in [0.25, 0.3) is 5.91 Å². The van der Waals surface area contributed by atoms with E-state index in [9.17, 15) is 14.0 Å². The van der Waals surface area contributed by atoms with E-state index in [1.54, 1.807) is 13.0 Å². The van der Waals surface area contributed by atoms with Gasteiger partial charge in [-0.25, -0.2) is 9.18 Å². The third-order valence-electron chi connectivity index (χ3n) is 2.51. The number of hydrogen-bond donors (Lipinski definition) is 2. The van der Waals surface area contributed by atoms with Crippen LogP contribution in [0.4, 0.5) is 4.39 Å². The van der Waals surface area contributed by atoms with Gasteiger partial charge in [-0.3, -0.25) is 4.79 Å². The number of alkyl halides is 1. The highest BCUT2D eigenvalue weighted by atomic mass is 19.1. The smallest absolute Gasteiger partial charge is 0.328 e. The average Bonchev–Trinajstić information content (AvgIpc) is 2.67. The third kappa shape index (κ3) is 3.09. The summed E-state index contributed by atoms with van der Waals surface area (Å²) in [6.07, 6.45) is 0. The van der Waals surface area contributed by atoms with Gasteiger partial charge in [-0.15, -0.1) is 0 Å². The van der Waals surface area contributed by atoms with Gasteiger partial charge in [-0.2, -0.15) is 0 Å². The number of aryl methyl sites for hydroxylation is 1. The number of rotatable bonds is 5. The van der Waals surface area contributed by atoms with Crippen LogP contribution in [-0.2, 0) is 4.79 Å². The van der Waals surface area contributed by atoms with Crippen LogP contribution in [0, 0.1) is 6.92 Å². The van der Waals surface area contributed by atoms with Crippen molar-refractivity contribution in [2.24, 2.45) is 0 Å². The van der Waals surface area contributed by atoms with Gasteiger partial charge < -0.3 is 14.8 Å². The quantitative estimate of drug-likeness (QED) is 0.843. The number of amides is 1. The highest BCUT2D eigenvalue weighted by molar-refractivity contribution is 5.97. The molecule has 0 fully saturated rings. The maximum absolute atomic E-state index is 12.4. The Morgan fingerprint density at radius 1 is 1.50 bits per heavy atom. The highest BCUT2D eigenvalue weighted by Crippen LogP contribution is 2.21. The van der Waals surface area contributed by atoms with E-state index in [0.29, 0.717) is 11.5 Å². The predicted molar refractivity (Wildman–Crippen MR) is 62.4 cm³/mol. The Bertz CT molecular complexity index is 453. The van der Waals surface area contributed by atoms with Crippen LogP contribution in [0.25, 0.3) is 0 Å². The van der Waals surface area contributed by atoms with E-state index in [2.05, 4.69) is 5.32 Å². The fraction of sp³-hybridized carbons (Fsp3) is 0.500. The Kier molecular flexibility index (Phi) is 4.47. The molecule has 1 rings (SSSR count). The molecule has 5 nitrogen and oxygen atoms in total. The van der Waals surface area contributed by atoms with Crippen molar-refractivity contribution < 1.29 is 23.5 Å². The number of furan rings is 1. The molecule has 1 aromatic heterocycles. The van der Waals surface area contributed by atoms with Crippen molar-refractivity contribution in [3.8, 4) is 0 Å². The van der Waals surface area contributed by atoms with Crippen LogP contribution < -0.4 is 5.32 Å². The zero-order valence-corrected chi connectivity index (χ0v) is 10.5. The first-order chi connectivity index (χ1) is 8.36. The van der Waals surface area contributed by atoms with Gasteiger partial charge in [0.05, 0.1) is 5.56 Å². The normalized spacial score (nSPS) is 12.5. The maximum Gasteiger partial charge on any atom is 0.328 e. The first kappa shape index (κ1) is 14.2. The predicted octanol–water partition coefficient (Wildman–Crippen LogP) is 1.86. The van der Waals surface area contributed by atoms with Crippen molar-refractivity contribution in [2.75, 3.05) is 6.67 Å². The van der Waals surface area contributed by atoms with Crippen molar-refractivity contribution in [1.29, 1.82) is 0 Å². The SMILES string of the molecule is Cc1oc(C(C)C)cc1C(=O)NC(CF)C(=O)O. The molecule has 0 aliphatic heterocycles. The van der Waals surface area contributed by atoms with Gasteiger partial charge in [-0.1, -0.05) is 13.8 Å². The molecule has 0 bridgehead atoms. The van der Waals surface area contributed by atoms with Crippen LogP contribution in [0.15, 0.2) is 10.5 Å². The molecule has 1 heterocycles. The van der Waals surface area contributed by atoms with Gasteiger partial charge in [0, 0.05) is 5.92 Å². The summed E-state index contributed by atoms with van der Waals surface area (Å²) in [5.74, 6) is -0.921. The third-order valence-corrected chi connectivity index (χ3v) is 2.51. The van der Waals surface area contributed by atoms with Crippen LogP contribution >= 0.6 is 0 Å². The average molecular weight is 257 g/mol. The molecule has 6 heteroatoms. The topological polar surface area (TPSA) is 79.5 Å². The van der Waals surface area contributed by atoms with Crippen molar-refractivity contribution in [1.82, 2.24) is 5.32 Å². The van der Waals surface area contributed by atoms with E-state index in [4.69, 9.17) is 9.52 Å². The summed E-state index contributed by atoms with van der Waals surface area (Å²) >= 11 is 0. The molecular weight excluding hydrogens is 241 g/mol. The van der Waals surface area contributed by atoms with Crippen LogP contribution in [0.3, 0.4) is 0 Å². The molecule has 0 saturated carbocycles. The minimum absolute atomic E-state index is 0.113. The second kappa shape index (κ2) is 5.66. The zero-order chi connectivity index (χ0) is 13.9. The fourth-order valence-corrected chi connectivity index (χ4v) is 1.42. The number of carbonyl (C=O) groups is 2. The fourth-order valence-electron chi connectivity index (χ4n) is 1.42. The van der Waals surface area contributed by atoms with E-state index in [0.717, 1.165) is 0 Å². The summed E-state index contributed by atoms with van der Waals surface area (Å²) in [5, 5.41) is 10.8. The molecule has 0 spiro atoms. The molecule has 0 aliphatic carbocycles. The van der Waals surface area contributed by atoms with E-state index in [1.807, 2.05) is 13.8 Å². The molecule has 1 aromatic rings. The van der Waals surface area contributed by atoms with Crippen LogP contribution in [-0.4, -0.2) is 29.7 Å². The molecule has 100 valence electrons. The van der Waals surface area contributed by atoms with Crippen molar-refractivity contribution in [3.05, 3.63) is 23.2 Å². The Balaban J connectivity index is 2.87. The Hall–Kier alpha value is -1.85. The van der Waals surface area contributed by atoms with Gasteiger partial charge in [0.15, 0.2) is 6.04 Å². The number of carboxylic acids is 1. The summed E-state index contributed by atoms with van der Waals surface area (Å²) in [5.41, 5.74) is 0.235. The summed E-state index contributed by atoms with van der Waals surface area (Å²) in [7, 11) is 0. The standard InChI is InChI=1S/C12H16FNO4/c1-6(2)10-4-8(7(3)18-10)11(15)14-9(5-13)12(16)17/h4,6,9H,5H2,1-3H3,(H,14,15)(H,16,17). The number of halogens is 1. The van der Waals surface area contributed by atoms with Crippen molar-refractivity contribution in [2.45, 2.75) is 32.7 Å². The van der Waals surface area contributed by atoms with Crippen LogP contribution in [0.2, 0.25) is 0 Å². The Labute approximate surface area is 104 Å².